The number of aliphatic hydroxyl groups excluding tert-OH is 3. The Balaban J connectivity index is 1.62. The van der Waals surface area contributed by atoms with Gasteiger partial charge in [0, 0.05) is 11.8 Å². The Kier molecular flexibility index (Phi) is 6.55. The molecule has 0 aromatic carbocycles. The van der Waals surface area contributed by atoms with Crippen LogP contribution in [0.2, 0.25) is 0 Å². The molecule has 0 amide bonds. The van der Waals surface area contributed by atoms with Gasteiger partial charge in [0.05, 0.1) is 18.8 Å². The average molecular weight is 459 g/mol. The highest BCUT2D eigenvalue weighted by molar-refractivity contribution is 5.34. The molecular formula is C30H50O3. The van der Waals surface area contributed by atoms with Crippen LogP contribution in [0.4, 0.5) is 0 Å². The van der Waals surface area contributed by atoms with Crippen molar-refractivity contribution in [3.63, 3.8) is 0 Å². The molecule has 0 aromatic heterocycles. The summed E-state index contributed by atoms with van der Waals surface area (Å²) in [5.41, 5.74) is 2.94. The SMILES string of the molecule is C/C(=C\CC[C@H](C)[C@@H]1CC[C@]2(C)C3=CC[C@@H]4C(C)(C)[C@@H](O)C[C@@H](O)[C@]4(C)[C@@H]3CC[C@@]12C)CO. The lowest BCUT2D eigenvalue weighted by Crippen LogP contribution is -2.63. The highest BCUT2D eigenvalue weighted by atomic mass is 16.3. The highest BCUT2D eigenvalue weighted by Crippen LogP contribution is 2.73. The topological polar surface area (TPSA) is 60.7 Å². The van der Waals surface area contributed by atoms with Crippen molar-refractivity contribution in [2.75, 3.05) is 6.61 Å². The first-order chi connectivity index (χ1) is 15.3. The minimum atomic E-state index is -0.426. The minimum Gasteiger partial charge on any atom is -0.392 e. The number of aliphatic hydroxyl groups is 3. The second-order valence-corrected chi connectivity index (χ2v) is 13.7. The Bertz CT molecular complexity index is 811. The van der Waals surface area contributed by atoms with E-state index in [0.717, 1.165) is 24.3 Å². The quantitative estimate of drug-likeness (QED) is 0.425. The molecule has 3 fully saturated rings. The normalized spacial score (nSPS) is 47.9. The van der Waals surface area contributed by atoms with E-state index in [1.165, 1.54) is 32.1 Å². The van der Waals surface area contributed by atoms with Crippen LogP contribution in [-0.2, 0) is 0 Å². The van der Waals surface area contributed by atoms with Crippen molar-refractivity contribution in [2.24, 2.45) is 45.3 Å². The summed E-state index contributed by atoms with van der Waals surface area (Å²) < 4.78 is 0. The molecule has 0 aromatic rings. The molecule has 0 saturated heterocycles. The van der Waals surface area contributed by atoms with Gasteiger partial charge in [0.15, 0.2) is 0 Å². The fraction of sp³-hybridized carbons (Fsp3) is 0.867. The zero-order valence-corrected chi connectivity index (χ0v) is 22.3. The largest absolute Gasteiger partial charge is 0.392 e. The Morgan fingerprint density at radius 1 is 1.09 bits per heavy atom. The Hall–Kier alpha value is -0.640. The van der Waals surface area contributed by atoms with Crippen LogP contribution in [0, 0.1) is 45.3 Å². The summed E-state index contributed by atoms with van der Waals surface area (Å²) >= 11 is 0. The van der Waals surface area contributed by atoms with E-state index >= 15 is 0 Å². The molecule has 9 atom stereocenters. The van der Waals surface area contributed by atoms with E-state index in [0.29, 0.717) is 29.6 Å². The van der Waals surface area contributed by atoms with E-state index in [-0.39, 0.29) is 22.9 Å². The molecule has 3 nitrogen and oxygen atoms in total. The summed E-state index contributed by atoms with van der Waals surface area (Å²) in [5.74, 6) is 2.16. The maximum Gasteiger partial charge on any atom is 0.0639 e. The first-order valence-corrected chi connectivity index (χ1v) is 13.7. The lowest BCUT2D eigenvalue weighted by molar-refractivity contribution is -0.189. The zero-order chi connectivity index (χ0) is 24.4. The van der Waals surface area contributed by atoms with Crippen molar-refractivity contribution in [3.05, 3.63) is 23.3 Å². The molecule has 0 spiro atoms. The summed E-state index contributed by atoms with van der Waals surface area (Å²) in [6.07, 6.45) is 12.7. The van der Waals surface area contributed by atoms with E-state index in [1.54, 1.807) is 5.57 Å². The van der Waals surface area contributed by atoms with Gasteiger partial charge in [0.25, 0.3) is 0 Å². The van der Waals surface area contributed by atoms with E-state index < -0.39 is 12.2 Å². The van der Waals surface area contributed by atoms with Crippen LogP contribution in [0.3, 0.4) is 0 Å². The molecule has 0 unspecified atom stereocenters. The third-order valence-corrected chi connectivity index (χ3v) is 12.0. The molecule has 0 aliphatic heterocycles. The molecule has 188 valence electrons. The van der Waals surface area contributed by atoms with Gasteiger partial charge in [-0.05, 0) is 91.8 Å². The number of hydrogen-bond donors (Lipinski definition) is 3. The van der Waals surface area contributed by atoms with E-state index in [1.807, 2.05) is 6.92 Å². The summed E-state index contributed by atoms with van der Waals surface area (Å²) in [6.45, 7) is 16.6. The van der Waals surface area contributed by atoms with E-state index in [4.69, 9.17) is 0 Å². The minimum absolute atomic E-state index is 0.145. The fourth-order valence-electron chi connectivity index (χ4n) is 9.47. The van der Waals surface area contributed by atoms with Crippen LogP contribution in [-0.4, -0.2) is 34.1 Å². The molecule has 33 heavy (non-hydrogen) atoms. The molecule has 0 bridgehead atoms. The van der Waals surface area contributed by atoms with Gasteiger partial charge >= 0.3 is 0 Å². The van der Waals surface area contributed by atoms with E-state index in [9.17, 15) is 15.3 Å². The lowest BCUT2D eigenvalue weighted by atomic mass is 9.40. The van der Waals surface area contributed by atoms with Gasteiger partial charge in [-0.2, -0.15) is 0 Å². The summed E-state index contributed by atoms with van der Waals surface area (Å²) in [4.78, 5) is 0. The Labute approximate surface area is 202 Å². The van der Waals surface area contributed by atoms with Crippen molar-refractivity contribution in [1.29, 1.82) is 0 Å². The first-order valence-electron chi connectivity index (χ1n) is 13.7. The Morgan fingerprint density at radius 3 is 2.45 bits per heavy atom. The maximum absolute atomic E-state index is 11.4. The van der Waals surface area contributed by atoms with Crippen molar-refractivity contribution >= 4 is 0 Å². The molecule has 4 aliphatic rings. The second-order valence-electron chi connectivity index (χ2n) is 13.7. The molecule has 0 radical (unpaired) electrons. The van der Waals surface area contributed by atoms with Gasteiger partial charge in [0.1, 0.15) is 0 Å². The second kappa shape index (κ2) is 8.49. The first kappa shape index (κ1) is 25.5. The summed E-state index contributed by atoms with van der Waals surface area (Å²) in [6, 6.07) is 0. The molecule has 3 N–H and O–H groups in total. The smallest absolute Gasteiger partial charge is 0.0639 e. The lowest BCUT2D eigenvalue weighted by Gasteiger charge is -2.65. The molecule has 0 heterocycles. The average Bonchev–Trinajstić information content (AvgIpc) is 3.04. The van der Waals surface area contributed by atoms with Crippen LogP contribution in [0.15, 0.2) is 23.3 Å². The van der Waals surface area contributed by atoms with Gasteiger partial charge in [-0.25, -0.2) is 0 Å². The van der Waals surface area contributed by atoms with Gasteiger partial charge in [-0.1, -0.05) is 64.8 Å². The van der Waals surface area contributed by atoms with Gasteiger partial charge in [-0.15, -0.1) is 0 Å². The predicted octanol–water partition coefficient (Wildman–Crippen LogP) is 6.28. The zero-order valence-electron chi connectivity index (χ0n) is 22.3. The van der Waals surface area contributed by atoms with Gasteiger partial charge in [-0.3, -0.25) is 0 Å². The van der Waals surface area contributed by atoms with Crippen molar-refractivity contribution in [3.8, 4) is 0 Å². The third-order valence-electron chi connectivity index (χ3n) is 12.0. The maximum atomic E-state index is 11.4. The summed E-state index contributed by atoms with van der Waals surface area (Å²) in [7, 11) is 0. The predicted molar refractivity (Wildman–Crippen MR) is 136 cm³/mol. The van der Waals surface area contributed by atoms with Crippen molar-refractivity contribution < 1.29 is 15.3 Å². The van der Waals surface area contributed by atoms with Crippen molar-refractivity contribution in [2.45, 2.75) is 112 Å². The molecule has 4 rings (SSSR count). The number of allylic oxidation sites excluding steroid dienone is 3. The van der Waals surface area contributed by atoms with Crippen molar-refractivity contribution in [1.82, 2.24) is 0 Å². The number of fused-ring (bicyclic) bond motifs is 5. The Morgan fingerprint density at radius 2 is 1.79 bits per heavy atom. The number of rotatable bonds is 5. The molecule has 3 heteroatoms. The monoisotopic (exact) mass is 458 g/mol. The standard InChI is InChI=1S/C30H50O3/c1-19(18-31)9-8-10-20(2)21-13-15-29(6)22-11-12-24-27(3,4)25(32)17-26(33)30(24,7)23(22)14-16-28(21,29)5/h9,11,20-21,23-26,31-33H,8,10,12-18H2,1-7H3/b19-9+/t20-,21-,23+,24+,25-,26+,28-,29+,30+/m0/s1. The van der Waals surface area contributed by atoms with Crippen LogP contribution in [0.25, 0.3) is 0 Å². The number of hydrogen-bond acceptors (Lipinski definition) is 3. The van der Waals surface area contributed by atoms with E-state index in [2.05, 4.69) is 53.7 Å². The van der Waals surface area contributed by atoms with Crippen LogP contribution >= 0.6 is 0 Å². The molecule has 4 aliphatic carbocycles. The van der Waals surface area contributed by atoms with Crippen LogP contribution < -0.4 is 0 Å². The highest BCUT2D eigenvalue weighted by Gasteiger charge is 2.67. The molecule has 3 saturated carbocycles. The van der Waals surface area contributed by atoms with Crippen LogP contribution in [0.5, 0.6) is 0 Å². The van der Waals surface area contributed by atoms with Gasteiger partial charge < -0.3 is 15.3 Å². The summed E-state index contributed by atoms with van der Waals surface area (Å²) in [5, 5.41) is 31.5. The van der Waals surface area contributed by atoms with Gasteiger partial charge in [0.2, 0.25) is 0 Å². The third kappa shape index (κ3) is 3.54. The fourth-order valence-corrected chi connectivity index (χ4v) is 9.47. The van der Waals surface area contributed by atoms with Crippen LogP contribution in [0.1, 0.15) is 99.8 Å². The molecular weight excluding hydrogens is 408 g/mol.